The van der Waals surface area contributed by atoms with Gasteiger partial charge in [0.15, 0.2) is 6.61 Å². The van der Waals surface area contributed by atoms with E-state index in [2.05, 4.69) is 14.8 Å². The van der Waals surface area contributed by atoms with Gasteiger partial charge in [-0.05, 0) is 30.3 Å². The number of methoxy groups -OCH3 is 2. The molecule has 0 radical (unpaired) electrons. The Labute approximate surface area is 159 Å². The molecule has 2 rings (SSSR count). The summed E-state index contributed by atoms with van der Waals surface area (Å²) in [6.45, 7) is -0.650. The van der Waals surface area contributed by atoms with Crippen molar-refractivity contribution in [2.24, 2.45) is 0 Å². The third-order valence-corrected chi connectivity index (χ3v) is 3.52. The normalized spacial score (nSPS) is 9.93. The molecule has 0 fully saturated rings. The van der Waals surface area contributed by atoms with Crippen molar-refractivity contribution in [2.45, 2.75) is 0 Å². The smallest absolute Gasteiger partial charge is 0.342 e. The zero-order valence-corrected chi connectivity index (χ0v) is 15.1. The predicted octanol–water partition coefficient (Wildman–Crippen LogP) is 1.76. The minimum absolute atomic E-state index is 0.0203. The van der Waals surface area contributed by atoms with Crippen LogP contribution in [0.2, 0.25) is 0 Å². The van der Waals surface area contributed by atoms with Crippen molar-refractivity contribution in [3.63, 3.8) is 0 Å². The molecule has 2 aromatic rings. The van der Waals surface area contributed by atoms with Gasteiger partial charge in [-0.2, -0.15) is 0 Å². The van der Waals surface area contributed by atoms with Crippen LogP contribution in [0.1, 0.15) is 31.1 Å². The Kier molecular flexibility index (Phi) is 6.69. The van der Waals surface area contributed by atoms with E-state index in [0.717, 1.165) is 0 Å². The van der Waals surface area contributed by atoms with Crippen LogP contribution in [-0.4, -0.2) is 49.7 Å². The zero-order chi connectivity index (χ0) is 20.7. The van der Waals surface area contributed by atoms with Crippen molar-refractivity contribution >= 4 is 29.5 Å². The molecule has 9 nitrogen and oxygen atoms in total. The van der Waals surface area contributed by atoms with Crippen molar-refractivity contribution in [3.05, 3.63) is 59.2 Å². The van der Waals surface area contributed by atoms with Crippen molar-refractivity contribution in [2.75, 3.05) is 26.1 Å². The van der Waals surface area contributed by atoms with Crippen LogP contribution in [0.4, 0.5) is 5.69 Å². The number of phenols is 1. The van der Waals surface area contributed by atoms with Crippen LogP contribution >= 0.6 is 0 Å². The molecule has 0 spiro atoms. The monoisotopic (exact) mass is 387 g/mol. The molecule has 0 atom stereocenters. The molecule has 0 bridgehead atoms. The highest BCUT2D eigenvalue weighted by atomic mass is 16.5. The number of hydrogen-bond donors (Lipinski definition) is 2. The number of anilines is 1. The average molecular weight is 387 g/mol. The lowest BCUT2D eigenvalue weighted by Gasteiger charge is -2.10. The lowest BCUT2D eigenvalue weighted by atomic mass is 10.1. The topological polar surface area (TPSA) is 128 Å². The molecule has 0 unspecified atom stereocenters. The van der Waals surface area contributed by atoms with E-state index in [-0.39, 0.29) is 28.1 Å². The van der Waals surface area contributed by atoms with E-state index >= 15 is 0 Å². The molecule has 2 aromatic carbocycles. The highest BCUT2D eigenvalue weighted by Gasteiger charge is 2.17. The van der Waals surface area contributed by atoms with Crippen molar-refractivity contribution in [1.29, 1.82) is 0 Å². The predicted molar refractivity (Wildman–Crippen MR) is 96.1 cm³/mol. The Morgan fingerprint density at radius 1 is 0.893 bits per heavy atom. The maximum atomic E-state index is 12.1. The lowest BCUT2D eigenvalue weighted by molar-refractivity contribution is -0.119. The number of benzene rings is 2. The quantitative estimate of drug-likeness (QED) is 0.567. The summed E-state index contributed by atoms with van der Waals surface area (Å²) in [4.78, 5) is 47.4. The van der Waals surface area contributed by atoms with E-state index in [1.54, 1.807) is 0 Å². The Morgan fingerprint density at radius 2 is 1.46 bits per heavy atom. The van der Waals surface area contributed by atoms with Gasteiger partial charge in [0.05, 0.1) is 25.3 Å². The van der Waals surface area contributed by atoms with Gasteiger partial charge >= 0.3 is 17.9 Å². The summed E-state index contributed by atoms with van der Waals surface area (Å²) in [5.74, 6) is -3.31. The van der Waals surface area contributed by atoms with E-state index in [4.69, 9.17) is 4.74 Å². The Balaban J connectivity index is 2.10. The van der Waals surface area contributed by atoms with Crippen LogP contribution in [-0.2, 0) is 19.0 Å². The van der Waals surface area contributed by atoms with Gasteiger partial charge in [-0.25, -0.2) is 14.4 Å². The number of esters is 3. The molecule has 0 aliphatic carbocycles. The first kappa shape index (κ1) is 20.4. The third-order valence-electron chi connectivity index (χ3n) is 3.52. The highest BCUT2D eigenvalue weighted by Crippen LogP contribution is 2.18. The summed E-state index contributed by atoms with van der Waals surface area (Å²) in [5, 5.41) is 12.0. The fourth-order valence-electron chi connectivity index (χ4n) is 2.22. The minimum atomic E-state index is -0.883. The van der Waals surface area contributed by atoms with Crippen LogP contribution in [0, 0.1) is 0 Å². The van der Waals surface area contributed by atoms with Crippen LogP contribution in [0.25, 0.3) is 0 Å². The molecule has 0 aliphatic rings. The SMILES string of the molecule is COC(=O)c1cc(NC(=O)COC(=O)c2ccccc2O)cc(C(=O)OC)c1. The largest absolute Gasteiger partial charge is 0.507 e. The molecule has 1 amide bonds. The second kappa shape index (κ2) is 9.17. The Hall–Kier alpha value is -3.88. The van der Waals surface area contributed by atoms with Crippen LogP contribution in [0.3, 0.4) is 0 Å². The number of amides is 1. The third kappa shape index (κ3) is 5.07. The lowest BCUT2D eigenvalue weighted by Crippen LogP contribution is -2.21. The van der Waals surface area contributed by atoms with E-state index in [1.807, 2.05) is 0 Å². The maximum absolute atomic E-state index is 12.1. The molecule has 2 N–H and O–H groups in total. The number of hydrogen-bond acceptors (Lipinski definition) is 8. The van der Waals surface area contributed by atoms with Gasteiger partial charge in [0, 0.05) is 5.69 Å². The summed E-state index contributed by atoms with van der Waals surface area (Å²) < 4.78 is 14.1. The van der Waals surface area contributed by atoms with E-state index in [9.17, 15) is 24.3 Å². The number of ether oxygens (including phenoxy) is 3. The standard InChI is InChI=1S/C19H17NO8/c1-26-17(23)11-7-12(18(24)27-2)9-13(8-11)20-16(22)10-28-19(25)14-5-3-4-6-15(14)21/h3-9,21H,10H2,1-2H3,(H,20,22). The second-order valence-electron chi connectivity index (χ2n) is 5.42. The molecule has 9 heteroatoms. The maximum Gasteiger partial charge on any atom is 0.342 e. The first-order chi connectivity index (χ1) is 13.3. The number of carbonyl (C=O) groups excluding carboxylic acids is 4. The molecule has 0 aliphatic heterocycles. The van der Waals surface area contributed by atoms with Crippen LogP contribution in [0.5, 0.6) is 5.75 Å². The fourth-order valence-corrected chi connectivity index (χ4v) is 2.22. The first-order valence-electron chi connectivity index (χ1n) is 7.92. The van der Waals surface area contributed by atoms with Gasteiger partial charge in [-0.3, -0.25) is 4.79 Å². The molecule has 0 saturated carbocycles. The van der Waals surface area contributed by atoms with E-state index in [0.29, 0.717) is 0 Å². The summed E-state index contributed by atoms with van der Waals surface area (Å²) in [5.41, 5.74) is 0.0571. The van der Waals surface area contributed by atoms with Crippen molar-refractivity contribution in [3.8, 4) is 5.75 Å². The van der Waals surface area contributed by atoms with Gasteiger partial charge < -0.3 is 24.6 Å². The number of nitrogens with one attached hydrogen (secondary N) is 1. The highest BCUT2D eigenvalue weighted by molar-refractivity contribution is 6.00. The molecule has 0 aromatic heterocycles. The fraction of sp³-hybridized carbons (Fsp3) is 0.158. The molecule has 0 heterocycles. The van der Waals surface area contributed by atoms with Gasteiger partial charge in [0.2, 0.25) is 0 Å². The van der Waals surface area contributed by atoms with E-state index < -0.39 is 30.4 Å². The number of carbonyl (C=O) groups is 4. The van der Waals surface area contributed by atoms with Crippen molar-refractivity contribution < 1.29 is 38.5 Å². The van der Waals surface area contributed by atoms with Gasteiger partial charge in [0.1, 0.15) is 11.3 Å². The van der Waals surface area contributed by atoms with Gasteiger partial charge in [-0.1, -0.05) is 12.1 Å². The summed E-state index contributed by atoms with van der Waals surface area (Å²) >= 11 is 0. The number of aromatic hydroxyl groups is 1. The molecular weight excluding hydrogens is 370 g/mol. The molecule has 0 saturated heterocycles. The Bertz CT molecular complexity index is 888. The second-order valence-corrected chi connectivity index (χ2v) is 5.42. The van der Waals surface area contributed by atoms with Gasteiger partial charge in [-0.15, -0.1) is 0 Å². The van der Waals surface area contributed by atoms with E-state index in [1.165, 1.54) is 56.7 Å². The van der Waals surface area contributed by atoms with Crippen LogP contribution in [0.15, 0.2) is 42.5 Å². The number of para-hydroxylation sites is 1. The number of rotatable bonds is 6. The first-order valence-corrected chi connectivity index (χ1v) is 7.92. The van der Waals surface area contributed by atoms with Crippen LogP contribution < -0.4 is 5.32 Å². The summed E-state index contributed by atoms with van der Waals surface area (Å²) in [6.07, 6.45) is 0. The summed E-state index contributed by atoms with van der Waals surface area (Å²) in [7, 11) is 2.34. The molecule has 146 valence electrons. The zero-order valence-electron chi connectivity index (χ0n) is 15.1. The minimum Gasteiger partial charge on any atom is -0.507 e. The van der Waals surface area contributed by atoms with Gasteiger partial charge in [0.25, 0.3) is 5.91 Å². The molecule has 28 heavy (non-hydrogen) atoms. The number of phenolic OH excluding ortho intramolecular Hbond substituents is 1. The summed E-state index contributed by atoms with van der Waals surface area (Å²) in [6, 6.07) is 9.56. The Morgan fingerprint density at radius 3 is 2.00 bits per heavy atom. The van der Waals surface area contributed by atoms with Crippen molar-refractivity contribution in [1.82, 2.24) is 0 Å². The average Bonchev–Trinajstić information content (AvgIpc) is 2.70. The molecular formula is C19H17NO8.